The molecule has 1 aliphatic heterocycles. The van der Waals surface area contributed by atoms with Gasteiger partial charge in [0.05, 0.1) is 12.2 Å². The van der Waals surface area contributed by atoms with E-state index in [0.29, 0.717) is 44.1 Å². The maximum absolute atomic E-state index is 12.7. The Hall–Kier alpha value is -3.09. The van der Waals surface area contributed by atoms with Gasteiger partial charge >= 0.3 is 5.97 Å². The highest BCUT2D eigenvalue weighted by Crippen LogP contribution is 2.18. The monoisotopic (exact) mass is 397 g/mol. The molecule has 1 aliphatic rings. The van der Waals surface area contributed by atoms with Crippen molar-refractivity contribution in [3.63, 3.8) is 0 Å². The Morgan fingerprint density at radius 1 is 1.14 bits per heavy atom. The number of carbonyl (C=O) groups is 2. The first-order valence-corrected chi connectivity index (χ1v) is 9.88. The van der Waals surface area contributed by atoms with Gasteiger partial charge in [0.25, 0.3) is 5.91 Å². The Labute approximate surface area is 171 Å². The van der Waals surface area contributed by atoms with Crippen LogP contribution in [0.15, 0.2) is 42.6 Å². The number of piperazine rings is 1. The number of carbonyl (C=O) groups excluding carboxylic acids is 2. The summed E-state index contributed by atoms with van der Waals surface area (Å²) in [5, 5.41) is 0. The van der Waals surface area contributed by atoms with Crippen molar-refractivity contribution in [2.24, 2.45) is 0 Å². The molecule has 1 saturated heterocycles. The third kappa shape index (κ3) is 5.25. The molecule has 0 bridgehead atoms. The lowest BCUT2D eigenvalue weighted by Gasteiger charge is -2.36. The summed E-state index contributed by atoms with van der Waals surface area (Å²) < 4.78 is 10.8. The fourth-order valence-corrected chi connectivity index (χ4v) is 3.26. The largest absolute Gasteiger partial charge is 0.481 e. The van der Waals surface area contributed by atoms with E-state index in [2.05, 4.69) is 9.88 Å². The van der Waals surface area contributed by atoms with Crippen molar-refractivity contribution in [1.29, 1.82) is 0 Å². The zero-order valence-corrected chi connectivity index (χ0v) is 17.1. The molecule has 0 spiro atoms. The SMILES string of the molecule is CCOC(=O)c1ccc(N2CCN(C(=O)C(C)Oc3cccc(C)c3)CC2)nc1. The summed E-state index contributed by atoms with van der Waals surface area (Å²) in [5.74, 6) is 1.10. The Morgan fingerprint density at radius 3 is 2.52 bits per heavy atom. The molecule has 7 heteroatoms. The van der Waals surface area contributed by atoms with Crippen molar-refractivity contribution in [2.45, 2.75) is 26.9 Å². The molecule has 1 fully saturated rings. The summed E-state index contributed by atoms with van der Waals surface area (Å²) in [6.07, 6.45) is 0.994. The third-order valence-corrected chi connectivity index (χ3v) is 4.82. The smallest absolute Gasteiger partial charge is 0.339 e. The molecule has 3 rings (SSSR count). The van der Waals surface area contributed by atoms with Gasteiger partial charge in [0.1, 0.15) is 11.6 Å². The average molecular weight is 397 g/mol. The number of esters is 1. The van der Waals surface area contributed by atoms with Crippen molar-refractivity contribution in [3.05, 3.63) is 53.7 Å². The van der Waals surface area contributed by atoms with E-state index in [0.717, 1.165) is 11.4 Å². The van der Waals surface area contributed by atoms with Gasteiger partial charge in [-0.25, -0.2) is 9.78 Å². The summed E-state index contributed by atoms with van der Waals surface area (Å²) in [6, 6.07) is 11.2. The van der Waals surface area contributed by atoms with E-state index in [1.807, 2.05) is 42.2 Å². The number of anilines is 1. The molecule has 1 atom stereocenters. The van der Waals surface area contributed by atoms with Crippen LogP contribution in [0.4, 0.5) is 5.82 Å². The summed E-state index contributed by atoms with van der Waals surface area (Å²) >= 11 is 0. The lowest BCUT2D eigenvalue weighted by Crippen LogP contribution is -2.52. The number of rotatable bonds is 6. The summed E-state index contributed by atoms with van der Waals surface area (Å²) in [7, 11) is 0. The highest BCUT2D eigenvalue weighted by atomic mass is 16.5. The predicted molar refractivity (Wildman–Crippen MR) is 110 cm³/mol. The summed E-state index contributed by atoms with van der Waals surface area (Å²) in [4.78, 5) is 32.8. The second-order valence-electron chi connectivity index (χ2n) is 7.01. The minimum absolute atomic E-state index is 0.0169. The molecular formula is C22H27N3O4. The van der Waals surface area contributed by atoms with E-state index in [-0.39, 0.29) is 11.9 Å². The van der Waals surface area contributed by atoms with Crippen LogP contribution in [0.2, 0.25) is 0 Å². The second-order valence-corrected chi connectivity index (χ2v) is 7.01. The number of hydrogen-bond donors (Lipinski definition) is 0. The molecular weight excluding hydrogens is 370 g/mol. The fourth-order valence-electron chi connectivity index (χ4n) is 3.26. The lowest BCUT2D eigenvalue weighted by atomic mass is 10.2. The Kier molecular flexibility index (Phi) is 6.69. The number of pyridine rings is 1. The van der Waals surface area contributed by atoms with Crippen LogP contribution in [0.5, 0.6) is 5.75 Å². The molecule has 2 aromatic rings. The average Bonchev–Trinajstić information content (AvgIpc) is 2.73. The van der Waals surface area contributed by atoms with Gasteiger partial charge in [0.15, 0.2) is 6.10 Å². The molecule has 154 valence electrons. The quantitative estimate of drug-likeness (QED) is 0.698. The van der Waals surface area contributed by atoms with E-state index < -0.39 is 6.10 Å². The molecule has 1 amide bonds. The molecule has 29 heavy (non-hydrogen) atoms. The van der Waals surface area contributed by atoms with Crippen molar-refractivity contribution in [2.75, 3.05) is 37.7 Å². The number of aromatic nitrogens is 1. The Balaban J connectivity index is 1.53. The molecule has 1 unspecified atom stereocenters. The van der Waals surface area contributed by atoms with E-state index in [9.17, 15) is 9.59 Å². The summed E-state index contributed by atoms with van der Waals surface area (Å²) in [6.45, 7) is 8.43. The van der Waals surface area contributed by atoms with Crippen molar-refractivity contribution in [3.8, 4) is 5.75 Å². The predicted octanol–water partition coefficient (Wildman–Crippen LogP) is 2.68. The number of ether oxygens (including phenoxy) is 2. The van der Waals surface area contributed by atoms with Crippen molar-refractivity contribution < 1.29 is 19.1 Å². The van der Waals surface area contributed by atoms with Gasteiger partial charge in [-0.2, -0.15) is 0 Å². The molecule has 2 heterocycles. The molecule has 1 aromatic heterocycles. The molecule has 0 radical (unpaired) electrons. The third-order valence-electron chi connectivity index (χ3n) is 4.82. The number of benzene rings is 1. The van der Waals surface area contributed by atoms with Gasteiger partial charge < -0.3 is 19.3 Å². The lowest BCUT2D eigenvalue weighted by molar-refractivity contribution is -0.138. The fraction of sp³-hybridized carbons (Fsp3) is 0.409. The van der Waals surface area contributed by atoms with Gasteiger partial charge in [-0.1, -0.05) is 12.1 Å². The van der Waals surface area contributed by atoms with Crippen LogP contribution in [0.1, 0.15) is 29.8 Å². The standard InChI is InChI=1S/C22H27N3O4/c1-4-28-22(27)18-8-9-20(23-15-18)24-10-12-25(13-11-24)21(26)17(3)29-19-7-5-6-16(2)14-19/h5-9,14-15,17H,4,10-13H2,1-3H3. The van der Waals surface area contributed by atoms with Gasteiger partial charge in [-0.05, 0) is 50.6 Å². The number of amides is 1. The van der Waals surface area contributed by atoms with Gasteiger partial charge in [-0.15, -0.1) is 0 Å². The minimum Gasteiger partial charge on any atom is -0.481 e. The maximum Gasteiger partial charge on any atom is 0.339 e. The highest BCUT2D eigenvalue weighted by Gasteiger charge is 2.26. The number of nitrogens with zero attached hydrogens (tertiary/aromatic N) is 3. The van der Waals surface area contributed by atoms with Crippen LogP contribution < -0.4 is 9.64 Å². The first kappa shape index (κ1) is 20.6. The second kappa shape index (κ2) is 9.41. The molecule has 0 saturated carbocycles. The van der Waals surface area contributed by atoms with Gasteiger partial charge in [0, 0.05) is 32.4 Å². The Morgan fingerprint density at radius 2 is 1.90 bits per heavy atom. The zero-order valence-electron chi connectivity index (χ0n) is 17.1. The van der Waals surface area contributed by atoms with E-state index in [1.54, 1.807) is 19.9 Å². The normalized spacial score (nSPS) is 15.0. The first-order valence-electron chi connectivity index (χ1n) is 9.88. The van der Waals surface area contributed by atoms with Gasteiger partial charge in [-0.3, -0.25) is 4.79 Å². The van der Waals surface area contributed by atoms with Crippen LogP contribution in [0, 0.1) is 6.92 Å². The molecule has 1 aromatic carbocycles. The summed E-state index contributed by atoms with van der Waals surface area (Å²) in [5.41, 5.74) is 1.53. The number of hydrogen-bond acceptors (Lipinski definition) is 6. The zero-order chi connectivity index (χ0) is 20.8. The molecule has 0 N–H and O–H groups in total. The van der Waals surface area contributed by atoms with Crippen LogP contribution in [0.3, 0.4) is 0 Å². The van der Waals surface area contributed by atoms with Crippen LogP contribution in [0.25, 0.3) is 0 Å². The van der Waals surface area contributed by atoms with Crippen LogP contribution in [-0.4, -0.2) is 60.7 Å². The maximum atomic E-state index is 12.7. The van der Waals surface area contributed by atoms with E-state index >= 15 is 0 Å². The van der Waals surface area contributed by atoms with Gasteiger partial charge in [0.2, 0.25) is 0 Å². The van der Waals surface area contributed by atoms with E-state index in [4.69, 9.17) is 9.47 Å². The van der Waals surface area contributed by atoms with Crippen LogP contribution >= 0.6 is 0 Å². The molecule has 0 aliphatic carbocycles. The number of aryl methyl sites for hydroxylation is 1. The minimum atomic E-state index is -0.537. The van der Waals surface area contributed by atoms with Crippen LogP contribution in [-0.2, 0) is 9.53 Å². The van der Waals surface area contributed by atoms with Crippen molar-refractivity contribution in [1.82, 2.24) is 9.88 Å². The van der Waals surface area contributed by atoms with Crippen molar-refractivity contribution >= 4 is 17.7 Å². The molecule has 7 nitrogen and oxygen atoms in total. The highest BCUT2D eigenvalue weighted by molar-refractivity contribution is 5.89. The first-order chi connectivity index (χ1) is 14.0. The Bertz CT molecular complexity index is 845. The topological polar surface area (TPSA) is 72.0 Å². The van der Waals surface area contributed by atoms with E-state index in [1.165, 1.54) is 6.20 Å².